The van der Waals surface area contributed by atoms with Crippen molar-refractivity contribution in [3.63, 3.8) is 0 Å². The minimum absolute atomic E-state index is 0.691. The van der Waals surface area contributed by atoms with E-state index < -0.39 is 14.8 Å². The molecule has 0 radical (unpaired) electrons. The van der Waals surface area contributed by atoms with Crippen LogP contribution in [0, 0.1) is 0 Å². The molecule has 4 aromatic rings. The minimum atomic E-state index is -3.70. The molecule has 0 saturated carbocycles. The average molecular weight is 567 g/mol. The molecule has 2 heterocycles. The van der Waals surface area contributed by atoms with Crippen molar-refractivity contribution >= 4 is 62.0 Å². The Morgan fingerprint density at radius 1 is 0.640 bits per heavy atom. The first-order valence-electron chi connectivity index (χ1n) is 7.56. The van der Waals surface area contributed by atoms with Gasteiger partial charge in [0, 0.05) is 0 Å². The first-order chi connectivity index (χ1) is 12.1. The fraction of sp³-hybridized carbons (Fsp3) is 0. The number of aromatic nitrogens is 2. The standard InChI is InChI=1S/2C9H7NO.2BrH.Sn/c2*11-8-5-1-3-7-4-2-6-10-9(7)8;;;/h2*1-6,11H;2*1H;/q;;;;+4/p-4. The molecule has 0 atom stereocenters. The second-order valence-corrected chi connectivity index (χ2v) is 30.3. The van der Waals surface area contributed by atoms with Crippen LogP contribution in [0.3, 0.4) is 0 Å². The van der Waals surface area contributed by atoms with E-state index in [-0.39, 0.29) is 0 Å². The number of rotatable bonds is 4. The van der Waals surface area contributed by atoms with Gasteiger partial charge in [0.1, 0.15) is 0 Å². The van der Waals surface area contributed by atoms with Crippen molar-refractivity contribution in [1.82, 2.24) is 9.97 Å². The summed E-state index contributed by atoms with van der Waals surface area (Å²) in [5, 5.41) is 2.04. The molecular weight excluding hydrogens is 555 g/mol. The van der Waals surface area contributed by atoms with E-state index >= 15 is 0 Å². The average Bonchev–Trinajstić information content (AvgIpc) is 2.62. The molecule has 124 valence electrons. The molecule has 0 N–H and O–H groups in total. The molecular formula is C18H12Br2N2O2Sn. The van der Waals surface area contributed by atoms with Crippen LogP contribution in [0.4, 0.5) is 0 Å². The number of halogens is 2. The summed E-state index contributed by atoms with van der Waals surface area (Å²) in [7, 11) is 0. The Kier molecular flexibility index (Phi) is 4.84. The molecule has 4 rings (SSSR count). The van der Waals surface area contributed by atoms with Gasteiger partial charge >= 0.3 is 163 Å². The third-order valence-corrected chi connectivity index (χ3v) is 10.6. The van der Waals surface area contributed by atoms with Gasteiger partial charge in [0.15, 0.2) is 0 Å². The SMILES string of the molecule is [Br][Sn]([Br])([O]c1cccc2cccnc12)[O]c1cccc2cccnc12. The molecule has 0 spiro atoms. The van der Waals surface area contributed by atoms with Gasteiger partial charge in [-0.05, 0) is 0 Å². The van der Waals surface area contributed by atoms with Crippen LogP contribution in [-0.2, 0) is 0 Å². The fourth-order valence-electron chi connectivity index (χ4n) is 2.59. The van der Waals surface area contributed by atoms with Crippen LogP contribution in [0.1, 0.15) is 0 Å². The first-order valence-corrected chi connectivity index (χ1v) is 22.7. The molecule has 0 fully saturated rings. The van der Waals surface area contributed by atoms with Crippen molar-refractivity contribution in [2.24, 2.45) is 0 Å². The van der Waals surface area contributed by atoms with Crippen molar-refractivity contribution in [2.45, 2.75) is 0 Å². The Hall–Kier alpha value is -1.38. The van der Waals surface area contributed by atoms with Gasteiger partial charge in [-0.25, -0.2) is 0 Å². The van der Waals surface area contributed by atoms with Crippen LogP contribution in [0.25, 0.3) is 21.8 Å². The van der Waals surface area contributed by atoms with Crippen molar-refractivity contribution in [3.05, 3.63) is 73.1 Å². The number of benzene rings is 2. The van der Waals surface area contributed by atoms with E-state index in [2.05, 4.69) is 35.4 Å². The number of hydrogen-bond acceptors (Lipinski definition) is 4. The third-order valence-electron chi connectivity index (χ3n) is 3.65. The van der Waals surface area contributed by atoms with Crippen LogP contribution < -0.4 is 6.15 Å². The number of fused-ring (bicyclic) bond motifs is 2. The van der Waals surface area contributed by atoms with Gasteiger partial charge in [-0.2, -0.15) is 0 Å². The Balaban J connectivity index is 1.67. The van der Waals surface area contributed by atoms with E-state index in [1.54, 1.807) is 12.4 Å². The van der Waals surface area contributed by atoms with Crippen LogP contribution in [0.15, 0.2) is 73.1 Å². The monoisotopic (exact) mass is 566 g/mol. The molecule has 2 aromatic heterocycles. The maximum absolute atomic E-state index is 6.20. The van der Waals surface area contributed by atoms with Crippen LogP contribution in [0.5, 0.6) is 11.5 Å². The first kappa shape index (κ1) is 17.1. The van der Waals surface area contributed by atoms with Gasteiger partial charge < -0.3 is 0 Å². The van der Waals surface area contributed by atoms with Crippen molar-refractivity contribution in [2.75, 3.05) is 0 Å². The van der Waals surface area contributed by atoms with Crippen molar-refractivity contribution in [1.29, 1.82) is 0 Å². The maximum atomic E-state index is 6.20. The summed E-state index contributed by atoms with van der Waals surface area (Å²) in [5.74, 6) is 1.38. The zero-order valence-electron chi connectivity index (χ0n) is 12.9. The van der Waals surface area contributed by atoms with E-state index in [0.29, 0.717) is 11.5 Å². The second-order valence-electron chi connectivity index (χ2n) is 5.33. The van der Waals surface area contributed by atoms with E-state index in [1.807, 2.05) is 60.7 Å². The zero-order valence-corrected chi connectivity index (χ0v) is 18.9. The predicted molar refractivity (Wildman–Crippen MR) is 108 cm³/mol. The van der Waals surface area contributed by atoms with Gasteiger partial charge in [-0.1, -0.05) is 0 Å². The second kappa shape index (κ2) is 7.09. The van der Waals surface area contributed by atoms with Crippen molar-refractivity contribution in [3.8, 4) is 11.5 Å². The number of pyridine rings is 2. The van der Waals surface area contributed by atoms with E-state index in [9.17, 15) is 0 Å². The van der Waals surface area contributed by atoms with Gasteiger partial charge in [-0.15, -0.1) is 0 Å². The number of nitrogens with zero attached hydrogens (tertiary/aromatic N) is 2. The van der Waals surface area contributed by atoms with E-state index in [0.717, 1.165) is 21.8 Å². The van der Waals surface area contributed by atoms with Crippen LogP contribution in [0.2, 0.25) is 0 Å². The molecule has 0 aliphatic rings. The molecule has 4 nitrogen and oxygen atoms in total. The van der Waals surface area contributed by atoms with Gasteiger partial charge in [0.05, 0.1) is 0 Å². The van der Waals surface area contributed by atoms with Crippen LogP contribution >= 0.6 is 25.4 Å². The molecule has 0 aliphatic heterocycles. The van der Waals surface area contributed by atoms with Gasteiger partial charge in [-0.3, -0.25) is 0 Å². The Morgan fingerprint density at radius 2 is 1.08 bits per heavy atom. The molecule has 25 heavy (non-hydrogen) atoms. The predicted octanol–water partition coefficient (Wildman–Crippen LogP) is 5.47. The Morgan fingerprint density at radius 3 is 1.56 bits per heavy atom. The quantitative estimate of drug-likeness (QED) is 0.308. The molecule has 0 amide bonds. The summed E-state index contributed by atoms with van der Waals surface area (Å²) >= 11 is 3.60. The summed E-state index contributed by atoms with van der Waals surface area (Å²) in [4.78, 5) is 8.84. The molecule has 7 heteroatoms. The Bertz CT molecular complexity index is 965. The summed E-state index contributed by atoms with van der Waals surface area (Å²) in [6.07, 6.45) is 3.51. The molecule has 0 saturated heterocycles. The number of hydrogen-bond donors (Lipinski definition) is 0. The molecule has 0 unspecified atom stereocenters. The zero-order chi connectivity index (χ0) is 17.3. The van der Waals surface area contributed by atoms with Gasteiger partial charge in [0.2, 0.25) is 0 Å². The fourth-order valence-corrected chi connectivity index (χ4v) is 9.79. The van der Waals surface area contributed by atoms with Crippen molar-refractivity contribution < 1.29 is 6.15 Å². The molecule has 2 aromatic carbocycles. The van der Waals surface area contributed by atoms with E-state index in [4.69, 9.17) is 6.15 Å². The number of para-hydroxylation sites is 2. The normalized spacial score (nSPS) is 11.6. The summed E-state index contributed by atoms with van der Waals surface area (Å²) < 4.78 is 12.4. The van der Waals surface area contributed by atoms with Gasteiger partial charge in [0.25, 0.3) is 0 Å². The third kappa shape index (κ3) is 3.75. The Labute approximate surface area is 161 Å². The van der Waals surface area contributed by atoms with E-state index in [1.165, 1.54) is 0 Å². The summed E-state index contributed by atoms with van der Waals surface area (Å²) in [6, 6.07) is 19.5. The topological polar surface area (TPSA) is 44.2 Å². The molecule has 0 aliphatic carbocycles. The van der Waals surface area contributed by atoms with Crippen LogP contribution in [-0.4, -0.2) is 24.7 Å². The summed E-state index contributed by atoms with van der Waals surface area (Å²) in [6.45, 7) is 0. The summed E-state index contributed by atoms with van der Waals surface area (Å²) in [5.41, 5.74) is 1.62. The molecule has 0 bridgehead atoms.